The molecule has 1 aromatic heterocycles. The van der Waals surface area contributed by atoms with Gasteiger partial charge in [0.25, 0.3) is 5.91 Å². The molecule has 0 spiro atoms. The van der Waals surface area contributed by atoms with Crippen molar-refractivity contribution in [1.82, 2.24) is 10.2 Å². The Hall–Kier alpha value is -1.94. The first-order chi connectivity index (χ1) is 13.1. The lowest BCUT2D eigenvalue weighted by atomic mass is 10.2. The van der Waals surface area contributed by atoms with E-state index in [9.17, 15) is 4.79 Å². The SMILES string of the molecule is CCNC(=NCc1ccc(C(N)=O)o1)N1CCN(c2cccc(Cl)c2)CC1.I. The quantitative estimate of drug-likeness (QED) is 0.362. The second-order valence-electron chi connectivity index (χ2n) is 6.25. The van der Waals surface area contributed by atoms with Gasteiger partial charge in [0.05, 0.1) is 0 Å². The number of nitrogens with zero attached hydrogens (tertiary/aromatic N) is 3. The number of amides is 1. The largest absolute Gasteiger partial charge is 0.454 e. The predicted octanol–water partition coefficient (Wildman–Crippen LogP) is 2.94. The molecule has 3 rings (SSSR count). The maximum absolute atomic E-state index is 11.1. The Bertz CT molecular complexity index is 818. The van der Waals surface area contributed by atoms with Gasteiger partial charge in [0.15, 0.2) is 11.7 Å². The molecule has 1 amide bonds. The van der Waals surface area contributed by atoms with Gasteiger partial charge in [0.2, 0.25) is 0 Å². The predicted molar refractivity (Wildman–Crippen MR) is 123 cm³/mol. The summed E-state index contributed by atoms with van der Waals surface area (Å²) in [4.78, 5) is 20.3. The summed E-state index contributed by atoms with van der Waals surface area (Å²) >= 11 is 6.10. The second kappa shape index (κ2) is 10.6. The summed E-state index contributed by atoms with van der Waals surface area (Å²) in [7, 11) is 0. The van der Waals surface area contributed by atoms with Crippen molar-refractivity contribution in [2.75, 3.05) is 37.6 Å². The minimum atomic E-state index is -0.575. The molecule has 9 heteroatoms. The number of anilines is 1. The molecule has 0 saturated carbocycles. The molecular formula is C19H25ClIN5O2. The molecular weight excluding hydrogens is 493 g/mol. The summed E-state index contributed by atoms with van der Waals surface area (Å²) < 4.78 is 5.40. The van der Waals surface area contributed by atoms with Crippen LogP contribution in [0.25, 0.3) is 0 Å². The van der Waals surface area contributed by atoms with E-state index in [0.717, 1.165) is 49.4 Å². The average Bonchev–Trinajstić information content (AvgIpc) is 3.15. The molecule has 1 saturated heterocycles. The van der Waals surface area contributed by atoms with Crippen molar-refractivity contribution in [3.05, 3.63) is 52.9 Å². The number of benzene rings is 1. The van der Waals surface area contributed by atoms with Gasteiger partial charge < -0.3 is 25.3 Å². The molecule has 1 aromatic carbocycles. The summed E-state index contributed by atoms with van der Waals surface area (Å²) in [6, 6.07) is 11.2. The average molecular weight is 518 g/mol. The Labute approximate surface area is 186 Å². The number of aliphatic imine (C=N–C) groups is 1. The molecule has 1 aliphatic rings. The topological polar surface area (TPSA) is 87.1 Å². The van der Waals surface area contributed by atoms with Gasteiger partial charge >= 0.3 is 0 Å². The third-order valence-corrected chi connectivity index (χ3v) is 4.61. The van der Waals surface area contributed by atoms with Crippen LogP contribution in [0.15, 0.2) is 45.8 Å². The molecule has 3 N–H and O–H groups in total. The van der Waals surface area contributed by atoms with Crippen LogP contribution in [0.3, 0.4) is 0 Å². The van der Waals surface area contributed by atoms with Crippen LogP contribution >= 0.6 is 35.6 Å². The molecule has 0 atom stereocenters. The minimum absolute atomic E-state index is 0. The van der Waals surface area contributed by atoms with E-state index in [2.05, 4.69) is 26.2 Å². The van der Waals surface area contributed by atoms with Crippen molar-refractivity contribution in [3.8, 4) is 0 Å². The number of primary amides is 1. The van der Waals surface area contributed by atoms with E-state index in [1.165, 1.54) is 0 Å². The molecule has 1 aliphatic heterocycles. The van der Waals surface area contributed by atoms with Gasteiger partial charge in [-0.3, -0.25) is 4.79 Å². The van der Waals surface area contributed by atoms with E-state index in [-0.39, 0.29) is 29.7 Å². The summed E-state index contributed by atoms with van der Waals surface area (Å²) in [6.07, 6.45) is 0. The number of guanidine groups is 1. The monoisotopic (exact) mass is 517 g/mol. The third-order valence-electron chi connectivity index (χ3n) is 4.38. The normalized spacial score (nSPS) is 14.6. The molecule has 2 heterocycles. The standard InChI is InChI=1S/C19H24ClN5O2.HI/c1-2-22-19(23-13-16-6-7-17(27-16)18(21)26)25-10-8-24(9-11-25)15-5-3-4-14(20)12-15;/h3-7,12H,2,8-11,13H2,1H3,(H2,21,26)(H,22,23);1H. The Morgan fingerprint density at radius 2 is 2.00 bits per heavy atom. The number of hydrogen-bond donors (Lipinski definition) is 2. The first-order valence-electron chi connectivity index (χ1n) is 8.99. The fourth-order valence-electron chi connectivity index (χ4n) is 3.02. The first-order valence-corrected chi connectivity index (χ1v) is 9.37. The summed E-state index contributed by atoms with van der Waals surface area (Å²) in [5, 5.41) is 4.07. The van der Waals surface area contributed by atoms with E-state index in [1.807, 2.05) is 25.1 Å². The van der Waals surface area contributed by atoms with Crippen molar-refractivity contribution < 1.29 is 9.21 Å². The Morgan fingerprint density at radius 3 is 2.61 bits per heavy atom. The second-order valence-corrected chi connectivity index (χ2v) is 6.69. The number of nitrogens with two attached hydrogens (primary N) is 1. The summed E-state index contributed by atoms with van der Waals surface area (Å²) in [6.45, 7) is 6.64. The lowest BCUT2D eigenvalue weighted by molar-refractivity contribution is 0.0972. The zero-order chi connectivity index (χ0) is 19.2. The zero-order valence-electron chi connectivity index (χ0n) is 15.7. The molecule has 0 unspecified atom stereocenters. The molecule has 1 fully saturated rings. The first kappa shape index (κ1) is 22.4. The van der Waals surface area contributed by atoms with E-state index in [1.54, 1.807) is 12.1 Å². The van der Waals surface area contributed by atoms with E-state index < -0.39 is 5.91 Å². The molecule has 0 bridgehead atoms. The smallest absolute Gasteiger partial charge is 0.284 e. The van der Waals surface area contributed by atoms with E-state index in [4.69, 9.17) is 21.8 Å². The van der Waals surface area contributed by atoms with Gasteiger partial charge in [0, 0.05) is 43.4 Å². The number of rotatable bonds is 5. The summed E-state index contributed by atoms with van der Waals surface area (Å²) in [5.74, 6) is 1.02. The van der Waals surface area contributed by atoms with Gasteiger partial charge in [-0.05, 0) is 37.3 Å². The van der Waals surface area contributed by atoms with Crippen LogP contribution in [0, 0.1) is 0 Å². The highest BCUT2D eigenvalue weighted by atomic mass is 127. The highest BCUT2D eigenvalue weighted by Crippen LogP contribution is 2.21. The maximum Gasteiger partial charge on any atom is 0.284 e. The van der Waals surface area contributed by atoms with Gasteiger partial charge in [-0.25, -0.2) is 4.99 Å². The van der Waals surface area contributed by atoms with Gasteiger partial charge in [0.1, 0.15) is 12.3 Å². The lowest BCUT2D eigenvalue weighted by Gasteiger charge is -2.37. The third kappa shape index (κ3) is 5.78. The van der Waals surface area contributed by atoms with Crippen LogP contribution in [-0.2, 0) is 6.54 Å². The molecule has 2 aromatic rings. The van der Waals surface area contributed by atoms with Gasteiger partial charge in [-0.2, -0.15) is 0 Å². The molecule has 28 heavy (non-hydrogen) atoms. The van der Waals surface area contributed by atoms with Crippen LogP contribution in [0.2, 0.25) is 5.02 Å². The van der Waals surface area contributed by atoms with Gasteiger partial charge in [-0.15, -0.1) is 24.0 Å². The number of carbonyl (C=O) groups is 1. The summed E-state index contributed by atoms with van der Waals surface area (Å²) in [5.41, 5.74) is 6.35. The lowest BCUT2D eigenvalue weighted by Crippen LogP contribution is -2.52. The molecule has 0 aliphatic carbocycles. The Balaban J connectivity index is 0.00000280. The number of nitrogens with one attached hydrogen (secondary N) is 1. The molecule has 7 nitrogen and oxygen atoms in total. The van der Waals surface area contributed by atoms with Crippen molar-refractivity contribution in [2.45, 2.75) is 13.5 Å². The van der Waals surface area contributed by atoms with Crippen molar-refractivity contribution >= 4 is 53.1 Å². The van der Waals surface area contributed by atoms with Gasteiger partial charge in [-0.1, -0.05) is 17.7 Å². The van der Waals surface area contributed by atoms with Crippen molar-refractivity contribution in [1.29, 1.82) is 0 Å². The van der Waals surface area contributed by atoms with E-state index >= 15 is 0 Å². The van der Waals surface area contributed by atoms with Crippen LogP contribution in [0.1, 0.15) is 23.2 Å². The Kier molecular flexibility index (Phi) is 8.43. The number of halogens is 2. The maximum atomic E-state index is 11.1. The van der Waals surface area contributed by atoms with Crippen LogP contribution in [0.5, 0.6) is 0 Å². The molecule has 152 valence electrons. The minimum Gasteiger partial charge on any atom is -0.454 e. The Morgan fingerprint density at radius 1 is 1.25 bits per heavy atom. The number of piperazine rings is 1. The van der Waals surface area contributed by atoms with Crippen molar-refractivity contribution in [2.24, 2.45) is 10.7 Å². The fraction of sp³-hybridized carbons (Fsp3) is 0.368. The van der Waals surface area contributed by atoms with Crippen LogP contribution < -0.4 is 16.0 Å². The molecule has 0 radical (unpaired) electrons. The number of furan rings is 1. The highest BCUT2D eigenvalue weighted by Gasteiger charge is 2.20. The highest BCUT2D eigenvalue weighted by molar-refractivity contribution is 14.0. The van der Waals surface area contributed by atoms with Crippen LogP contribution in [0.4, 0.5) is 5.69 Å². The zero-order valence-corrected chi connectivity index (χ0v) is 18.8. The number of hydrogen-bond acceptors (Lipinski definition) is 4. The number of carbonyl (C=O) groups excluding carboxylic acids is 1. The van der Waals surface area contributed by atoms with E-state index in [0.29, 0.717) is 12.3 Å². The fourth-order valence-corrected chi connectivity index (χ4v) is 3.21. The van der Waals surface area contributed by atoms with Crippen molar-refractivity contribution in [3.63, 3.8) is 0 Å². The van der Waals surface area contributed by atoms with Crippen LogP contribution in [-0.4, -0.2) is 49.5 Å².